The smallest absolute Gasteiger partial charge is 0.303 e. The number of hydrogen-bond acceptors (Lipinski definition) is 3. The van der Waals surface area contributed by atoms with Crippen molar-refractivity contribution in [3.8, 4) is 0 Å². The molecule has 1 amide bonds. The summed E-state index contributed by atoms with van der Waals surface area (Å²) < 4.78 is 5.74. The molecule has 5 nitrogen and oxygen atoms in total. The number of hydrogen-bond donors (Lipinski definition) is 1. The topological polar surface area (TPSA) is 66.8 Å². The monoisotopic (exact) mass is 257 g/mol. The summed E-state index contributed by atoms with van der Waals surface area (Å²) in [6.45, 7) is 7.16. The highest BCUT2D eigenvalue weighted by atomic mass is 16.5. The third kappa shape index (κ3) is 5.04. The average Bonchev–Trinajstić information content (AvgIpc) is 2.20. The lowest BCUT2D eigenvalue weighted by Crippen LogP contribution is -2.53. The minimum atomic E-state index is -0.802. The third-order valence-electron chi connectivity index (χ3n) is 2.95. The van der Waals surface area contributed by atoms with Crippen LogP contribution in [0.2, 0.25) is 0 Å². The first-order valence-electron chi connectivity index (χ1n) is 6.47. The number of ether oxygens (including phenoxy) is 1. The van der Waals surface area contributed by atoms with Crippen LogP contribution in [-0.2, 0) is 14.3 Å². The predicted molar refractivity (Wildman–Crippen MR) is 67.3 cm³/mol. The Kier molecular flexibility index (Phi) is 5.14. The molecule has 1 unspecified atom stereocenters. The van der Waals surface area contributed by atoms with E-state index in [0.29, 0.717) is 32.4 Å². The fraction of sp³-hybridized carbons (Fsp3) is 0.846. The largest absolute Gasteiger partial charge is 0.481 e. The van der Waals surface area contributed by atoms with Crippen LogP contribution in [0.1, 0.15) is 46.5 Å². The van der Waals surface area contributed by atoms with E-state index in [1.807, 2.05) is 25.7 Å². The Bertz CT molecular complexity index is 314. The van der Waals surface area contributed by atoms with Crippen molar-refractivity contribution in [2.75, 3.05) is 13.1 Å². The van der Waals surface area contributed by atoms with Gasteiger partial charge in [-0.25, -0.2) is 0 Å². The van der Waals surface area contributed by atoms with Gasteiger partial charge in [-0.3, -0.25) is 9.59 Å². The quantitative estimate of drug-likeness (QED) is 0.761. The molecule has 0 spiro atoms. The van der Waals surface area contributed by atoms with Crippen LogP contribution in [0.15, 0.2) is 0 Å². The van der Waals surface area contributed by atoms with Crippen LogP contribution in [0.4, 0.5) is 0 Å². The number of carbonyl (C=O) groups is 2. The first kappa shape index (κ1) is 15.0. The molecule has 1 aliphatic rings. The molecule has 1 rings (SSSR count). The van der Waals surface area contributed by atoms with E-state index in [-0.39, 0.29) is 24.0 Å². The highest BCUT2D eigenvalue weighted by Gasteiger charge is 2.33. The normalized spacial score (nSPS) is 22.8. The zero-order valence-corrected chi connectivity index (χ0v) is 11.4. The lowest BCUT2D eigenvalue weighted by molar-refractivity contribution is -0.158. The standard InChI is InChI=1S/C13H23NO4/c1-10-8-14(9-13(2,3)18-10)11(15)6-4-5-7-12(16)17/h10H,4-9H2,1-3H3,(H,16,17). The summed E-state index contributed by atoms with van der Waals surface area (Å²) in [5.74, 6) is -0.702. The van der Waals surface area contributed by atoms with Crippen molar-refractivity contribution in [3.63, 3.8) is 0 Å². The summed E-state index contributed by atoms with van der Waals surface area (Å²) in [5.41, 5.74) is -0.297. The van der Waals surface area contributed by atoms with Crippen molar-refractivity contribution in [2.45, 2.75) is 58.2 Å². The molecule has 0 aromatic heterocycles. The number of aliphatic carboxylic acids is 1. The minimum Gasteiger partial charge on any atom is -0.481 e. The second-order valence-electron chi connectivity index (χ2n) is 5.56. The van der Waals surface area contributed by atoms with Gasteiger partial charge < -0.3 is 14.7 Å². The number of nitrogens with zero attached hydrogens (tertiary/aromatic N) is 1. The minimum absolute atomic E-state index is 0.0525. The van der Waals surface area contributed by atoms with Crippen LogP contribution < -0.4 is 0 Å². The maximum absolute atomic E-state index is 12.0. The molecule has 1 aliphatic heterocycles. The number of carboxylic acid groups (broad SMARTS) is 1. The summed E-state index contributed by atoms with van der Waals surface area (Å²) in [7, 11) is 0. The Morgan fingerprint density at radius 1 is 1.33 bits per heavy atom. The van der Waals surface area contributed by atoms with Crippen LogP contribution in [-0.4, -0.2) is 46.7 Å². The Hall–Kier alpha value is -1.10. The molecule has 1 N–H and O–H groups in total. The summed E-state index contributed by atoms with van der Waals surface area (Å²) >= 11 is 0. The molecule has 0 aromatic rings. The first-order chi connectivity index (χ1) is 8.30. The fourth-order valence-corrected chi connectivity index (χ4v) is 2.35. The van der Waals surface area contributed by atoms with E-state index in [2.05, 4.69) is 0 Å². The Morgan fingerprint density at radius 3 is 2.50 bits per heavy atom. The lowest BCUT2D eigenvalue weighted by atomic mass is 10.0. The van der Waals surface area contributed by atoms with Gasteiger partial charge in [-0.05, 0) is 33.6 Å². The zero-order valence-electron chi connectivity index (χ0n) is 11.4. The second-order valence-corrected chi connectivity index (χ2v) is 5.56. The van der Waals surface area contributed by atoms with Crippen molar-refractivity contribution < 1.29 is 19.4 Å². The van der Waals surface area contributed by atoms with E-state index in [9.17, 15) is 9.59 Å². The number of unbranched alkanes of at least 4 members (excludes halogenated alkanes) is 1. The number of morpholine rings is 1. The van der Waals surface area contributed by atoms with Gasteiger partial charge in [0.1, 0.15) is 0 Å². The van der Waals surface area contributed by atoms with Gasteiger partial charge in [0.25, 0.3) is 0 Å². The molecular weight excluding hydrogens is 234 g/mol. The first-order valence-corrected chi connectivity index (χ1v) is 6.47. The van der Waals surface area contributed by atoms with Crippen LogP contribution >= 0.6 is 0 Å². The molecule has 0 saturated carbocycles. The summed E-state index contributed by atoms with van der Waals surface area (Å²) in [4.78, 5) is 24.2. The van der Waals surface area contributed by atoms with Crippen LogP contribution in [0.25, 0.3) is 0 Å². The number of amides is 1. The third-order valence-corrected chi connectivity index (χ3v) is 2.95. The summed E-state index contributed by atoms with van der Waals surface area (Å²) in [5, 5.41) is 8.52. The zero-order chi connectivity index (χ0) is 13.8. The maximum atomic E-state index is 12.0. The number of rotatable bonds is 5. The molecule has 1 heterocycles. The van der Waals surface area contributed by atoms with Gasteiger partial charge in [0.05, 0.1) is 11.7 Å². The molecule has 0 bridgehead atoms. The van der Waals surface area contributed by atoms with Crippen molar-refractivity contribution in [1.29, 1.82) is 0 Å². The lowest BCUT2D eigenvalue weighted by Gasteiger charge is -2.41. The van der Waals surface area contributed by atoms with Crippen LogP contribution in [0.3, 0.4) is 0 Å². The van der Waals surface area contributed by atoms with Crippen molar-refractivity contribution >= 4 is 11.9 Å². The van der Waals surface area contributed by atoms with E-state index in [0.717, 1.165) is 0 Å². The van der Waals surface area contributed by atoms with E-state index in [4.69, 9.17) is 9.84 Å². The van der Waals surface area contributed by atoms with Gasteiger partial charge >= 0.3 is 5.97 Å². The summed E-state index contributed by atoms with van der Waals surface area (Å²) in [6.07, 6.45) is 1.81. The van der Waals surface area contributed by atoms with Crippen molar-refractivity contribution in [3.05, 3.63) is 0 Å². The second kappa shape index (κ2) is 6.18. The van der Waals surface area contributed by atoms with E-state index in [1.165, 1.54) is 0 Å². The van der Waals surface area contributed by atoms with E-state index in [1.54, 1.807) is 0 Å². The van der Waals surface area contributed by atoms with Gasteiger partial charge in [0, 0.05) is 25.9 Å². The van der Waals surface area contributed by atoms with Crippen molar-refractivity contribution in [1.82, 2.24) is 4.90 Å². The number of carbonyl (C=O) groups excluding carboxylic acids is 1. The molecule has 1 saturated heterocycles. The molecule has 104 valence electrons. The highest BCUT2D eigenvalue weighted by molar-refractivity contribution is 5.76. The number of carboxylic acids is 1. The molecule has 0 radical (unpaired) electrons. The van der Waals surface area contributed by atoms with Gasteiger partial charge in [-0.2, -0.15) is 0 Å². The molecule has 18 heavy (non-hydrogen) atoms. The van der Waals surface area contributed by atoms with Gasteiger partial charge in [0.2, 0.25) is 5.91 Å². The van der Waals surface area contributed by atoms with Crippen LogP contribution in [0, 0.1) is 0 Å². The van der Waals surface area contributed by atoms with E-state index < -0.39 is 5.97 Å². The van der Waals surface area contributed by atoms with E-state index >= 15 is 0 Å². The van der Waals surface area contributed by atoms with Gasteiger partial charge in [-0.15, -0.1) is 0 Å². The molecule has 5 heteroatoms. The predicted octanol–water partition coefficient (Wildman–Crippen LogP) is 1.66. The Balaban J connectivity index is 2.34. The van der Waals surface area contributed by atoms with Gasteiger partial charge in [-0.1, -0.05) is 0 Å². The molecule has 0 aromatic carbocycles. The summed E-state index contributed by atoms with van der Waals surface area (Å²) in [6, 6.07) is 0. The molecular formula is C13H23NO4. The Labute approximate surface area is 108 Å². The SMILES string of the molecule is CC1CN(C(=O)CCCCC(=O)O)CC(C)(C)O1. The average molecular weight is 257 g/mol. The molecule has 0 aliphatic carbocycles. The van der Waals surface area contributed by atoms with Gasteiger partial charge in [0.15, 0.2) is 0 Å². The van der Waals surface area contributed by atoms with Crippen LogP contribution in [0.5, 0.6) is 0 Å². The fourth-order valence-electron chi connectivity index (χ4n) is 2.35. The maximum Gasteiger partial charge on any atom is 0.303 e. The van der Waals surface area contributed by atoms with Crippen molar-refractivity contribution in [2.24, 2.45) is 0 Å². The molecule has 1 atom stereocenters. The molecule has 1 fully saturated rings. The Morgan fingerprint density at radius 2 is 1.94 bits per heavy atom. The highest BCUT2D eigenvalue weighted by Crippen LogP contribution is 2.21.